The number of fused-ring (bicyclic) bond motifs is 1. The fourth-order valence-corrected chi connectivity index (χ4v) is 3.47. The van der Waals surface area contributed by atoms with E-state index in [1.165, 1.54) is 12.1 Å². The molecule has 3 aromatic carbocycles. The lowest BCUT2D eigenvalue weighted by Gasteiger charge is -2.10. The van der Waals surface area contributed by atoms with Crippen LogP contribution in [0.4, 0.5) is 0 Å². The third kappa shape index (κ3) is 3.31. The van der Waals surface area contributed by atoms with Gasteiger partial charge in [0.05, 0.1) is 10.5 Å². The number of sulfone groups is 1. The lowest BCUT2D eigenvalue weighted by Crippen LogP contribution is -2.11. The molecule has 0 fully saturated rings. The minimum Gasteiger partial charge on any atom is -0.457 e. The monoisotopic (exact) mass is 340 g/mol. The van der Waals surface area contributed by atoms with Crippen molar-refractivity contribution in [3.63, 3.8) is 0 Å². The van der Waals surface area contributed by atoms with Crippen LogP contribution in [-0.4, -0.2) is 20.6 Å². The molecule has 0 saturated carbocycles. The van der Waals surface area contributed by atoms with Gasteiger partial charge in [-0.2, -0.15) is 0 Å². The zero-order valence-electron chi connectivity index (χ0n) is 13.1. The van der Waals surface area contributed by atoms with Gasteiger partial charge >= 0.3 is 5.97 Å². The van der Waals surface area contributed by atoms with Crippen LogP contribution in [0.1, 0.15) is 15.9 Å². The first kappa shape index (κ1) is 16.2. The van der Waals surface area contributed by atoms with Crippen molar-refractivity contribution in [2.45, 2.75) is 11.5 Å². The van der Waals surface area contributed by atoms with E-state index in [0.29, 0.717) is 0 Å². The highest BCUT2D eigenvalue weighted by Gasteiger charge is 2.19. The summed E-state index contributed by atoms with van der Waals surface area (Å²) in [5.74, 6) is -0.649. The molecule has 3 rings (SSSR count). The van der Waals surface area contributed by atoms with Crippen LogP contribution >= 0.6 is 0 Å². The highest BCUT2D eigenvalue weighted by atomic mass is 32.2. The molecule has 122 valence electrons. The molecule has 0 aliphatic rings. The number of carbonyl (C=O) groups is 1. The molecule has 0 bridgehead atoms. The Labute approximate surface area is 140 Å². The maximum atomic E-state index is 12.3. The molecule has 4 nitrogen and oxygen atoms in total. The number of hydrogen-bond donors (Lipinski definition) is 0. The van der Waals surface area contributed by atoms with Gasteiger partial charge in [0.15, 0.2) is 9.84 Å². The van der Waals surface area contributed by atoms with E-state index in [4.69, 9.17) is 4.74 Å². The van der Waals surface area contributed by atoms with Crippen LogP contribution in [0, 0.1) is 0 Å². The van der Waals surface area contributed by atoms with Crippen molar-refractivity contribution in [1.82, 2.24) is 0 Å². The van der Waals surface area contributed by atoms with E-state index in [1.54, 1.807) is 12.1 Å². The van der Waals surface area contributed by atoms with Crippen LogP contribution in [0.3, 0.4) is 0 Å². The smallest absolute Gasteiger partial charge is 0.339 e. The van der Waals surface area contributed by atoms with Crippen molar-refractivity contribution in [3.8, 4) is 0 Å². The van der Waals surface area contributed by atoms with Crippen LogP contribution in [0.2, 0.25) is 0 Å². The minimum atomic E-state index is -3.50. The largest absolute Gasteiger partial charge is 0.457 e. The predicted molar refractivity (Wildman–Crippen MR) is 92.6 cm³/mol. The van der Waals surface area contributed by atoms with Gasteiger partial charge in [-0.25, -0.2) is 13.2 Å². The molecule has 0 spiro atoms. The second-order valence-corrected chi connectivity index (χ2v) is 7.47. The Hall–Kier alpha value is -2.66. The van der Waals surface area contributed by atoms with Crippen LogP contribution in [0.15, 0.2) is 71.6 Å². The summed E-state index contributed by atoms with van der Waals surface area (Å²) in [5.41, 5.74) is 0.929. The summed E-state index contributed by atoms with van der Waals surface area (Å²) in [6.07, 6.45) is 1.07. The maximum Gasteiger partial charge on any atom is 0.339 e. The van der Waals surface area contributed by atoms with Crippen LogP contribution in [0.5, 0.6) is 0 Å². The lowest BCUT2D eigenvalue weighted by atomic mass is 10.1. The number of ether oxygens (including phenoxy) is 1. The second kappa shape index (κ2) is 6.45. The summed E-state index contributed by atoms with van der Waals surface area (Å²) < 4.78 is 29.0. The number of esters is 1. The Balaban J connectivity index is 1.87. The maximum absolute atomic E-state index is 12.3. The van der Waals surface area contributed by atoms with Gasteiger partial charge in [0.2, 0.25) is 0 Å². The summed E-state index contributed by atoms with van der Waals surface area (Å²) >= 11 is 0. The van der Waals surface area contributed by atoms with Crippen LogP contribution < -0.4 is 0 Å². The summed E-state index contributed by atoms with van der Waals surface area (Å²) in [5, 5.41) is 2.06. The first-order chi connectivity index (χ1) is 11.5. The third-order valence-corrected chi connectivity index (χ3v) is 4.90. The van der Waals surface area contributed by atoms with Gasteiger partial charge in [0.1, 0.15) is 6.61 Å². The summed E-state index contributed by atoms with van der Waals surface area (Å²) in [6, 6.07) is 19.6. The fourth-order valence-electron chi connectivity index (χ4n) is 2.60. The van der Waals surface area contributed by atoms with E-state index in [1.807, 2.05) is 42.5 Å². The standard InChI is InChI=1S/C19H16O4S/c1-24(21,22)18-12-5-4-11-17(18)19(20)23-13-15-9-6-8-14-7-2-3-10-16(14)15/h2-12H,13H2,1H3. The van der Waals surface area contributed by atoms with Gasteiger partial charge < -0.3 is 4.74 Å². The molecule has 0 unspecified atom stereocenters. The zero-order valence-corrected chi connectivity index (χ0v) is 13.9. The van der Waals surface area contributed by atoms with Crippen molar-refractivity contribution in [1.29, 1.82) is 0 Å². The molecule has 5 heteroatoms. The molecule has 0 amide bonds. The molecule has 0 aliphatic heterocycles. The number of hydrogen-bond acceptors (Lipinski definition) is 4. The normalized spacial score (nSPS) is 11.4. The average Bonchev–Trinajstić information content (AvgIpc) is 2.59. The number of carbonyl (C=O) groups excluding carboxylic acids is 1. The first-order valence-corrected chi connectivity index (χ1v) is 9.29. The molecule has 0 heterocycles. The quantitative estimate of drug-likeness (QED) is 0.681. The van der Waals surface area contributed by atoms with Crippen molar-refractivity contribution >= 4 is 26.6 Å². The second-order valence-electron chi connectivity index (χ2n) is 5.48. The van der Waals surface area contributed by atoms with Gasteiger partial charge in [0, 0.05) is 6.26 Å². The number of benzene rings is 3. The predicted octanol–water partition coefficient (Wildman–Crippen LogP) is 3.60. The number of rotatable bonds is 4. The van der Waals surface area contributed by atoms with Gasteiger partial charge in [-0.3, -0.25) is 0 Å². The molecule has 0 N–H and O–H groups in total. The van der Waals surface area contributed by atoms with Gasteiger partial charge in [-0.15, -0.1) is 0 Å². The minimum absolute atomic E-state index is 0.0204. The molecular formula is C19H16O4S. The zero-order chi connectivity index (χ0) is 17.2. The Morgan fingerprint density at radius 1 is 0.917 bits per heavy atom. The fraction of sp³-hybridized carbons (Fsp3) is 0.105. The highest BCUT2D eigenvalue weighted by molar-refractivity contribution is 7.90. The van der Waals surface area contributed by atoms with Crippen molar-refractivity contribution in [2.75, 3.05) is 6.26 Å². The summed E-state index contributed by atoms with van der Waals surface area (Å²) in [6.45, 7) is 0.0816. The topological polar surface area (TPSA) is 60.4 Å². The Morgan fingerprint density at radius 2 is 1.58 bits per heavy atom. The molecule has 0 aromatic heterocycles. The molecule has 0 atom stereocenters. The van der Waals surface area contributed by atoms with E-state index in [-0.39, 0.29) is 17.1 Å². The first-order valence-electron chi connectivity index (χ1n) is 7.39. The molecule has 0 radical (unpaired) electrons. The molecule has 24 heavy (non-hydrogen) atoms. The van der Waals surface area contributed by atoms with Crippen LogP contribution in [0.25, 0.3) is 10.8 Å². The van der Waals surface area contributed by atoms with Gasteiger partial charge in [0.25, 0.3) is 0 Å². The Bertz CT molecular complexity index is 1000. The van der Waals surface area contributed by atoms with Crippen molar-refractivity contribution in [3.05, 3.63) is 77.9 Å². The molecule has 0 saturated heterocycles. The van der Waals surface area contributed by atoms with E-state index >= 15 is 0 Å². The highest BCUT2D eigenvalue weighted by Crippen LogP contribution is 2.21. The summed E-state index contributed by atoms with van der Waals surface area (Å²) in [7, 11) is -3.50. The Morgan fingerprint density at radius 3 is 2.38 bits per heavy atom. The average molecular weight is 340 g/mol. The van der Waals surface area contributed by atoms with E-state index in [0.717, 1.165) is 22.6 Å². The summed E-state index contributed by atoms with van der Waals surface area (Å²) in [4.78, 5) is 12.3. The molecular weight excluding hydrogens is 324 g/mol. The van der Waals surface area contributed by atoms with Crippen molar-refractivity contribution < 1.29 is 17.9 Å². The van der Waals surface area contributed by atoms with Crippen LogP contribution in [-0.2, 0) is 21.2 Å². The van der Waals surface area contributed by atoms with Gasteiger partial charge in [-0.05, 0) is 28.5 Å². The van der Waals surface area contributed by atoms with Gasteiger partial charge in [-0.1, -0.05) is 54.6 Å². The van der Waals surface area contributed by atoms with E-state index in [2.05, 4.69) is 0 Å². The third-order valence-electron chi connectivity index (χ3n) is 3.75. The molecule has 0 aliphatic carbocycles. The SMILES string of the molecule is CS(=O)(=O)c1ccccc1C(=O)OCc1cccc2ccccc12. The van der Waals surface area contributed by atoms with E-state index < -0.39 is 15.8 Å². The van der Waals surface area contributed by atoms with E-state index in [9.17, 15) is 13.2 Å². The molecule has 3 aromatic rings. The Kier molecular flexibility index (Phi) is 4.36. The van der Waals surface area contributed by atoms with Crippen molar-refractivity contribution in [2.24, 2.45) is 0 Å². The lowest BCUT2D eigenvalue weighted by molar-refractivity contribution is 0.0470.